The van der Waals surface area contributed by atoms with Gasteiger partial charge in [0.1, 0.15) is 0 Å². The molecule has 0 radical (unpaired) electrons. The van der Waals surface area contributed by atoms with Gasteiger partial charge >= 0.3 is 4.87 Å². The fraction of sp³-hybridized carbons (Fsp3) is 0.706. The minimum absolute atomic E-state index is 0. The Bertz CT molecular complexity index is 673. The number of halogens is 1. The van der Waals surface area contributed by atoms with Crippen LogP contribution in [-0.2, 0) is 16.1 Å². The van der Waals surface area contributed by atoms with Crippen LogP contribution in [0.3, 0.4) is 0 Å². The molecule has 1 aliphatic heterocycles. The van der Waals surface area contributed by atoms with Gasteiger partial charge in [-0.25, -0.2) is 0 Å². The van der Waals surface area contributed by atoms with Crippen LogP contribution in [-0.4, -0.2) is 47.0 Å². The molecule has 1 unspecified atom stereocenters. The zero-order chi connectivity index (χ0) is 18.4. The van der Waals surface area contributed by atoms with Crippen LogP contribution in [0.2, 0.25) is 0 Å². The summed E-state index contributed by atoms with van der Waals surface area (Å²) in [6, 6.07) is 0.0324. The first-order valence-electron chi connectivity index (χ1n) is 8.87. The zero-order valence-electron chi connectivity index (χ0n) is 15.5. The summed E-state index contributed by atoms with van der Waals surface area (Å²) in [6.45, 7) is 5.76. The first kappa shape index (κ1) is 22.7. The predicted molar refractivity (Wildman–Crippen MR) is 106 cm³/mol. The number of hydrogen-bond acceptors (Lipinski definition) is 5. The lowest BCUT2D eigenvalue weighted by atomic mass is 10.0. The minimum atomic E-state index is -0.0728. The Labute approximate surface area is 164 Å². The van der Waals surface area contributed by atoms with Crippen LogP contribution >= 0.6 is 23.7 Å². The number of likely N-dealkylation sites (tertiary alicyclic amines) is 1. The highest BCUT2D eigenvalue weighted by atomic mass is 35.5. The van der Waals surface area contributed by atoms with Crippen molar-refractivity contribution >= 4 is 35.6 Å². The van der Waals surface area contributed by atoms with E-state index in [0.717, 1.165) is 29.8 Å². The number of rotatable bonds is 7. The molecule has 1 aromatic rings. The molecule has 7 nitrogen and oxygen atoms in total. The summed E-state index contributed by atoms with van der Waals surface area (Å²) in [6.07, 6.45) is 3.55. The fourth-order valence-electron chi connectivity index (χ4n) is 3.19. The van der Waals surface area contributed by atoms with E-state index in [1.165, 1.54) is 11.3 Å². The van der Waals surface area contributed by atoms with Crippen LogP contribution in [0.5, 0.6) is 0 Å². The maximum Gasteiger partial charge on any atom is 0.307 e. The van der Waals surface area contributed by atoms with Gasteiger partial charge < -0.3 is 20.5 Å². The number of carbonyl (C=O) groups is 2. The van der Waals surface area contributed by atoms with Crippen molar-refractivity contribution in [3.8, 4) is 0 Å². The number of aromatic nitrogens is 1. The Hall–Kier alpha value is -1.38. The van der Waals surface area contributed by atoms with Crippen LogP contribution < -0.4 is 15.9 Å². The van der Waals surface area contributed by atoms with E-state index in [-0.39, 0.29) is 35.1 Å². The first-order chi connectivity index (χ1) is 11.9. The molecule has 2 heterocycles. The summed E-state index contributed by atoms with van der Waals surface area (Å²) >= 11 is 1.22. The number of nitrogens with zero attached hydrogens (tertiary/aromatic N) is 2. The fourth-order valence-corrected chi connectivity index (χ4v) is 4.05. The molecular weight excluding hydrogens is 376 g/mol. The van der Waals surface area contributed by atoms with Gasteiger partial charge in [0.25, 0.3) is 0 Å². The number of carbonyl (C=O) groups excluding carboxylic acids is 2. The molecule has 2 rings (SSSR count). The van der Waals surface area contributed by atoms with Crippen molar-refractivity contribution in [3.05, 3.63) is 20.2 Å². The van der Waals surface area contributed by atoms with Gasteiger partial charge in [0.15, 0.2) is 0 Å². The van der Waals surface area contributed by atoms with E-state index in [1.54, 1.807) is 4.57 Å². The van der Waals surface area contributed by atoms with E-state index in [1.807, 2.05) is 18.7 Å². The van der Waals surface area contributed by atoms with E-state index < -0.39 is 0 Å². The normalized spacial score (nSPS) is 16.9. The van der Waals surface area contributed by atoms with Gasteiger partial charge in [0.05, 0.1) is 0 Å². The number of hydrogen-bond donors (Lipinski definition) is 2. The Morgan fingerprint density at radius 3 is 2.62 bits per heavy atom. The van der Waals surface area contributed by atoms with Gasteiger partial charge in [-0.3, -0.25) is 14.4 Å². The monoisotopic (exact) mass is 404 g/mol. The third-order valence-corrected chi connectivity index (χ3v) is 5.77. The Morgan fingerprint density at radius 1 is 1.27 bits per heavy atom. The lowest BCUT2D eigenvalue weighted by Crippen LogP contribution is -2.49. The van der Waals surface area contributed by atoms with Crippen LogP contribution in [0, 0.1) is 13.8 Å². The molecule has 0 bridgehead atoms. The van der Waals surface area contributed by atoms with Crippen molar-refractivity contribution < 1.29 is 9.59 Å². The molecule has 148 valence electrons. The van der Waals surface area contributed by atoms with Crippen molar-refractivity contribution in [1.29, 1.82) is 0 Å². The average Bonchev–Trinajstić information content (AvgIpc) is 2.83. The second kappa shape index (κ2) is 10.7. The number of amides is 2. The molecule has 1 aliphatic rings. The van der Waals surface area contributed by atoms with Crippen LogP contribution in [0.25, 0.3) is 0 Å². The number of aryl methyl sites for hydroxylation is 1. The molecule has 1 aromatic heterocycles. The van der Waals surface area contributed by atoms with E-state index in [4.69, 9.17) is 5.73 Å². The Balaban J connectivity index is 0.00000338. The smallest absolute Gasteiger partial charge is 0.307 e. The quantitative estimate of drug-likeness (QED) is 0.713. The van der Waals surface area contributed by atoms with E-state index in [9.17, 15) is 14.4 Å². The molecule has 0 spiro atoms. The number of thiazole rings is 1. The van der Waals surface area contributed by atoms with E-state index >= 15 is 0 Å². The lowest BCUT2D eigenvalue weighted by Gasteiger charge is -2.36. The van der Waals surface area contributed by atoms with Gasteiger partial charge in [-0.15, -0.1) is 12.4 Å². The van der Waals surface area contributed by atoms with Crippen LogP contribution in [0.4, 0.5) is 0 Å². The molecule has 1 saturated heterocycles. The van der Waals surface area contributed by atoms with E-state index in [2.05, 4.69) is 5.32 Å². The molecule has 0 aromatic carbocycles. The molecule has 0 saturated carbocycles. The van der Waals surface area contributed by atoms with E-state index in [0.29, 0.717) is 39.0 Å². The first-order valence-corrected chi connectivity index (χ1v) is 9.68. The van der Waals surface area contributed by atoms with Gasteiger partial charge in [0, 0.05) is 55.6 Å². The van der Waals surface area contributed by atoms with Gasteiger partial charge in [0.2, 0.25) is 11.8 Å². The van der Waals surface area contributed by atoms with Crippen molar-refractivity contribution in [2.45, 2.75) is 58.5 Å². The highest BCUT2D eigenvalue weighted by molar-refractivity contribution is 7.09. The number of nitrogens with two attached hydrogens (primary N) is 1. The molecule has 2 amide bonds. The molecule has 1 fully saturated rings. The van der Waals surface area contributed by atoms with Gasteiger partial charge in [-0.05, 0) is 33.1 Å². The highest BCUT2D eigenvalue weighted by Gasteiger charge is 2.26. The van der Waals surface area contributed by atoms with Crippen molar-refractivity contribution in [3.63, 3.8) is 0 Å². The van der Waals surface area contributed by atoms with Gasteiger partial charge in [-0.1, -0.05) is 11.3 Å². The maximum atomic E-state index is 12.7. The molecular formula is C17H29ClN4O3S. The van der Waals surface area contributed by atoms with Gasteiger partial charge in [-0.2, -0.15) is 0 Å². The van der Waals surface area contributed by atoms with Crippen molar-refractivity contribution in [2.24, 2.45) is 5.73 Å². The summed E-state index contributed by atoms with van der Waals surface area (Å²) in [5.41, 5.74) is 6.32. The SMILES string of the molecule is Cc1sc(=O)n(CCC(=O)N2CCCCC2CNC(=O)CCN)c1C.Cl. The zero-order valence-corrected chi connectivity index (χ0v) is 17.1. The Kier molecular flexibility index (Phi) is 9.32. The standard InChI is InChI=1S/C17H28N4O3S.ClH/c1-12-13(2)25-17(24)20(12)10-7-16(23)21-9-4-3-5-14(21)11-19-15(22)6-8-18;/h14H,3-11,18H2,1-2H3,(H,19,22);1H. The largest absolute Gasteiger partial charge is 0.354 e. The third kappa shape index (κ3) is 5.82. The molecule has 3 N–H and O–H groups in total. The maximum absolute atomic E-state index is 12.7. The lowest BCUT2D eigenvalue weighted by molar-refractivity contribution is -0.135. The molecule has 26 heavy (non-hydrogen) atoms. The summed E-state index contributed by atoms with van der Waals surface area (Å²) in [5.74, 6) is -0.0238. The Morgan fingerprint density at radius 2 is 2.00 bits per heavy atom. The second-order valence-electron chi connectivity index (χ2n) is 6.49. The van der Waals surface area contributed by atoms with Crippen molar-refractivity contribution in [1.82, 2.24) is 14.8 Å². The number of nitrogens with one attached hydrogen (secondary N) is 1. The minimum Gasteiger partial charge on any atom is -0.354 e. The topological polar surface area (TPSA) is 97.4 Å². The predicted octanol–water partition coefficient (Wildman–Crippen LogP) is 1.18. The molecule has 1 atom stereocenters. The highest BCUT2D eigenvalue weighted by Crippen LogP contribution is 2.18. The van der Waals surface area contributed by atoms with Crippen molar-refractivity contribution in [2.75, 3.05) is 19.6 Å². The number of piperidine rings is 1. The summed E-state index contributed by atoms with van der Waals surface area (Å²) in [7, 11) is 0. The average molecular weight is 405 g/mol. The summed E-state index contributed by atoms with van der Waals surface area (Å²) in [5, 5.41) is 2.87. The summed E-state index contributed by atoms with van der Waals surface area (Å²) < 4.78 is 1.68. The van der Waals surface area contributed by atoms with Crippen LogP contribution in [0.15, 0.2) is 4.79 Å². The second-order valence-corrected chi connectivity index (χ2v) is 7.66. The van der Waals surface area contributed by atoms with Crippen LogP contribution in [0.1, 0.15) is 42.7 Å². The summed E-state index contributed by atoms with van der Waals surface area (Å²) in [4.78, 5) is 39.1. The molecule has 9 heteroatoms. The molecule has 0 aliphatic carbocycles. The third-order valence-electron chi connectivity index (χ3n) is 4.78.